The first-order chi connectivity index (χ1) is 9.42. The van der Waals surface area contributed by atoms with E-state index in [0.29, 0.717) is 12.0 Å². The molecule has 0 saturated heterocycles. The predicted molar refractivity (Wildman–Crippen MR) is 90.5 cm³/mol. The van der Waals surface area contributed by atoms with Crippen LogP contribution in [0.2, 0.25) is 0 Å². The molecule has 1 unspecified atom stereocenters. The van der Waals surface area contributed by atoms with Gasteiger partial charge in [-0.15, -0.1) is 0 Å². The van der Waals surface area contributed by atoms with Gasteiger partial charge in [-0.2, -0.15) is 0 Å². The van der Waals surface area contributed by atoms with Gasteiger partial charge in [0.2, 0.25) is 0 Å². The van der Waals surface area contributed by atoms with Crippen LogP contribution >= 0.6 is 15.9 Å². The van der Waals surface area contributed by atoms with Gasteiger partial charge in [-0.05, 0) is 64.8 Å². The summed E-state index contributed by atoms with van der Waals surface area (Å²) in [5.74, 6) is 2.31. The van der Waals surface area contributed by atoms with Crippen molar-refractivity contribution in [1.82, 2.24) is 5.32 Å². The third-order valence-electron chi connectivity index (χ3n) is 3.36. The number of methoxy groups -OCH3 is 1. The molecule has 2 nitrogen and oxygen atoms in total. The first kappa shape index (κ1) is 17.5. The molecule has 0 fully saturated rings. The Balaban J connectivity index is 2.70. The number of halogens is 1. The number of hydrogen-bond donors (Lipinski definition) is 1. The quantitative estimate of drug-likeness (QED) is 0.742. The van der Waals surface area contributed by atoms with Crippen molar-refractivity contribution in [3.63, 3.8) is 0 Å². The Morgan fingerprint density at radius 3 is 2.40 bits per heavy atom. The predicted octanol–water partition coefficient (Wildman–Crippen LogP) is 4.66. The fourth-order valence-electron chi connectivity index (χ4n) is 2.48. The van der Waals surface area contributed by atoms with Crippen LogP contribution in [0.5, 0.6) is 5.75 Å². The van der Waals surface area contributed by atoms with Crippen LogP contribution in [0, 0.1) is 11.8 Å². The Bertz CT molecular complexity index is 404. The van der Waals surface area contributed by atoms with Gasteiger partial charge in [-0.3, -0.25) is 0 Å². The molecular formula is C17H28BrNO. The van der Waals surface area contributed by atoms with Gasteiger partial charge in [0, 0.05) is 6.04 Å². The van der Waals surface area contributed by atoms with Crippen LogP contribution in [0.15, 0.2) is 22.7 Å². The van der Waals surface area contributed by atoms with Crippen molar-refractivity contribution in [2.75, 3.05) is 13.7 Å². The number of hydrogen-bond acceptors (Lipinski definition) is 2. The smallest absolute Gasteiger partial charge is 0.133 e. The maximum Gasteiger partial charge on any atom is 0.133 e. The lowest BCUT2D eigenvalue weighted by Crippen LogP contribution is -2.30. The van der Waals surface area contributed by atoms with Crippen molar-refractivity contribution in [2.45, 2.75) is 46.6 Å². The molecule has 3 heteroatoms. The number of rotatable bonds is 8. The van der Waals surface area contributed by atoms with Crippen LogP contribution in [0.3, 0.4) is 0 Å². The first-order valence-electron chi connectivity index (χ1n) is 7.48. The molecule has 20 heavy (non-hydrogen) atoms. The largest absolute Gasteiger partial charge is 0.496 e. The van der Waals surface area contributed by atoms with Crippen molar-refractivity contribution in [2.24, 2.45) is 11.8 Å². The Kier molecular flexibility index (Phi) is 7.60. The number of benzene rings is 1. The fraction of sp³-hybridized carbons (Fsp3) is 0.647. The van der Waals surface area contributed by atoms with E-state index in [2.05, 4.69) is 61.1 Å². The first-order valence-corrected chi connectivity index (χ1v) is 8.27. The molecule has 0 heterocycles. The van der Waals surface area contributed by atoms with E-state index in [1.54, 1.807) is 7.11 Å². The normalized spacial score (nSPS) is 13.0. The highest BCUT2D eigenvalue weighted by molar-refractivity contribution is 9.10. The highest BCUT2D eigenvalue weighted by Gasteiger charge is 2.13. The highest BCUT2D eigenvalue weighted by atomic mass is 79.9. The van der Waals surface area contributed by atoms with Crippen LogP contribution < -0.4 is 10.1 Å². The lowest BCUT2D eigenvalue weighted by Gasteiger charge is -2.21. The van der Waals surface area contributed by atoms with E-state index < -0.39 is 0 Å². The van der Waals surface area contributed by atoms with Gasteiger partial charge in [-0.25, -0.2) is 0 Å². The highest BCUT2D eigenvalue weighted by Crippen LogP contribution is 2.27. The average molecular weight is 342 g/mol. The summed E-state index contributed by atoms with van der Waals surface area (Å²) >= 11 is 3.57. The summed E-state index contributed by atoms with van der Waals surface area (Å²) in [6.45, 7) is 10.1. The van der Waals surface area contributed by atoms with Gasteiger partial charge >= 0.3 is 0 Å². The molecule has 1 aromatic carbocycles. The van der Waals surface area contributed by atoms with E-state index in [9.17, 15) is 0 Å². The van der Waals surface area contributed by atoms with Crippen molar-refractivity contribution in [1.29, 1.82) is 0 Å². The Morgan fingerprint density at radius 2 is 1.90 bits per heavy atom. The molecule has 1 N–H and O–H groups in total. The van der Waals surface area contributed by atoms with Gasteiger partial charge in [-0.1, -0.05) is 33.8 Å². The number of nitrogens with one attached hydrogen (secondary N) is 1. The Morgan fingerprint density at radius 1 is 1.20 bits per heavy atom. The Hall–Kier alpha value is -0.540. The van der Waals surface area contributed by atoms with Crippen molar-refractivity contribution in [3.8, 4) is 5.75 Å². The SMILES string of the molecule is COc1ccc(CC(CNC(C)C)CC(C)C)cc1Br. The van der Waals surface area contributed by atoms with E-state index >= 15 is 0 Å². The molecular weight excluding hydrogens is 314 g/mol. The molecule has 1 rings (SSSR count). The maximum atomic E-state index is 5.29. The van der Waals surface area contributed by atoms with Gasteiger partial charge < -0.3 is 10.1 Å². The second-order valence-corrected chi connectivity index (χ2v) is 7.09. The van der Waals surface area contributed by atoms with Gasteiger partial charge in [0.05, 0.1) is 11.6 Å². The zero-order valence-electron chi connectivity index (χ0n) is 13.4. The van der Waals surface area contributed by atoms with Crippen LogP contribution in [0.4, 0.5) is 0 Å². The lowest BCUT2D eigenvalue weighted by atomic mass is 9.90. The summed E-state index contributed by atoms with van der Waals surface area (Å²) in [4.78, 5) is 0. The molecule has 0 aliphatic carbocycles. The van der Waals surface area contributed by atoms with Gasteiger partial charge in [0.1, 0.15) is 5.75 Å². The molecule has 0 aliphatic rings. The maximum absolute atomic E-state index is 5.29. The van der Waals surface area contributed by atoms with Gasteiger partial charge in [0.15, 0.2) is 0 Å². The summed E-state index contributed by atoms with van der Waals surface area (Å²) in [6.07, 6.45) is 2.36. The zero-order chi connectivity index (χ0) is 15.1. The van der Waals surface area contributed by atoms with Gasteiger partial charge in [0.25, 0.3) is 0 Å². The minimum absolute atomic E-state index is 0.548. The molecule has 0 spiro atoms. The molecule has 114 valence electrons. The third-order valence-corrected chi connectivity index (χ3v) is 3.98. The second-order valence-electron chi connectivity index (χ2n) is 6.23. The third kappa shape index (κ3) is 6.27. The Labute approximate surface area is 132 Å². The van der Waals surface area contributed by atoms with E-state index in [0.717, 1.165) is 29.1 Å². The molecule has 0 aromatic heterocycles. The summed E-state index contributed by atoms with van der Waals surface area (Å²) < 4.78 is 6.33. The van der Waals surface area contributed by atoms with Crippen LogP contribution in [0.25, 0.3) is 0 Å². The second kappa shape index (κ2) is 8.68. The summed E-state index contributed by atoms with van der Waals surface area (Å²) in [6, 6.07) is 6.95. The minimum Gasteiger partial charge on any atom is -0.496 e. The fourth-order valence-corrected chi connectivity index (χ4v) is 3.07. The monoisotopic (exact) mass is 341 g/mol. The summed E-state index contributed by atoms with van der Waals surface area (Å²) in [7, 11) is 1.70. The van der Waals surface area contributed by atoms with E-state index in [4.69, 9.17) is 4.74 Å². The molecule has 0 aliphatic heterocycles. The minimum atomic E-state index is 0.548. The van der Waals surface area contributed by atoms with E-state index in [-0.39, 0.29) is 0 Å². The molecule has 0 bridgehead atoms. The molecule has 1 atom stereocenters. The lowest BCUT2D eigenvalue weighted by molar-refractivity contribution is 0.372. The topological polar surface area (TPSA) is 21.3 Å². The molecule has 0 radical (unpaired) electrons. The van der Waals surface area contributed by atoms with Crippen LogP contribution in [-0.2, 0) is 6.42 Å². The van der Waals surface area contributed by atoms with Crippen molar-refractivity contribution < 1.29 is 4.74 Å². The zero-order valence-corrected chi connectivity index (χ0v) is 15.0. The molecule has 0 saturated carbocycles. The summed E-state index contributed by atoms with van der Waals surface area (Å²) in [5, 5.41) is 3.57. The van der Waals surface area contributed by atoms with Crippen LogP contribution in [0.1, 0.15) is 39.7 Å². The molecule has 0 amide bonds. The number of ether oxygens (including phenoxy) is 1. The average Bonchev–Trinajstić information content (AvgIpc) is 2.35. The van der Waals surface area contributed by atoms with E-state index in [1.165, 1.54) is 12.0 Å². The van der Waals surface area contributed by atoms with Crippen molar-refractivity contribution >= 4 is 15.9 Å². The summed E-state index contributed by atoms with van der Waals surface area (Å²) in [5.41, 5.74) is 1.37. The molecule has 1 aromatic rings. The van der Waals surface area contributed by atoms with Crippen molar-refractivity contribution in [3.05, 3.63) is 28.2 Å². The standard InChI is InChI=1S/C17H28BrNO/c1-12(2)8-15(11-19-13(3)4)9-14-6-7-17(20-5)16(18)10-14/h6-7,10,12-13,15,19H,8-9,11H2,1-5H3. The van der Waals surface area contributed by atoms with E-state index in [1.807, 2.05) is 6.07 Å². The van der Waals surface area contributed by atoms with Crippen LogP contribution in [-0.4, -0.2) is 19.7 Å².